The second kappa shape index (κ2) is 36.9. The van der Waals surface area contributed by atoms with Gasteiger partial charge in [-0.1, -0.05) is 160 Å². The third kappa shape index (κ3) is 40.2. The molecule has 0 aliphatic rings. The number of allylic oxidation sites excluding steroid dienone is 4. The molecule has 0 aromatic heterocycles. The highest BCUT2D eigenvalue weighted by molar-refractivity contribution is 7.47. The summed E-state index contributed by atoms with van der Waals surface area (Å²) in [6.07, 6.45) is 40.6. The maximum Gasteiger partial charge on any atom is 0.472 e. The minimum atomic E-state index is -4.27. The molecule has 0 aromatic rings. The van der Waals surface area contributed by atoms with Crippen molar-refractivity contribution < 1.29 is 37.3 Å². The van der Waals surface area contributed by atoms with Gasteiger partial charge in [0, 0.05) is 13.0 Å². The molecule has 0 aromatic carbocycles. The Labute approximate surface area is 322 Å². The number of ether oxygens (including phenoxy) is 2. The maximum absolute atomic E-state index is 12.7. The predicted octanol–water partition coefficient (Wildman–Crippen LogP) is 12.4. The van der Waals surface area contributed by atoms with Crippen molar-refractivity contribution in [3.8, 4) is 0 Å². The van der Waals surface area contributed by atoms with Crippen LogP contribution in [0, 0.1) is 0 Å². The molecule has 0 saturated heterocycles. The molecule has 308 valence electrons. The summed E-state index contributed by atoms with van der Waals surface area (Å²) in [5, 5.41) is 0. The Bertz CT molecular complexity index is 889. The fraction of sp³-hybridized carbons (Fsp3) is 0.884. The number of unbranched alkanes of at least 4 members (excludes halogenated alkanes) is 22. The monoisotopic (exact) mass is 759 g/mol. The number of esters is 1. The molecule has 0 aliphatic heterocycles. The van der Waals surface area contributed by atoms with E-state index < -0.39 is 13.9 Å². The first-order valence-electron chi connectivity index (χ1n) is 21.6. The highest BCUT2D eigenvalue weighted by Crippen LogP contribution is 2.43. The van der Waals surface area contributed by atoms with E-state index in [-0.39, 0.29) is 25.8 Å². The topological polar surface area (TPSA) is 91.3 Å². The van der Waals surface area contributed by atoms with Crippen LogP contribution < -0.4 is 0 Å². The molecule has 0 saturated carbocycles. The molecule has 0 fully saturated rings. The van der Waals surface area contributed by atoms with Crippen molar-refractivity contribution in [1.82, 2.24) is 0 Å². The fourth-order valence-corrected chi connectivity index (χ4v) is 6.62. The number of hydrogen-bond acceptors (Lipinski definition) is 6. The van der Waals surface area contributed by atoms with Crippen LogP contribution in [0.15, 0.2) is 24.3 Å². The highest BCUT2D eigenvalue weighted by atomic mass is 31.2. The second-order valence-corrected chi connectivity index (χ2v) is 17.2. The van der Waals surface area contributed by atoms with Gasteiger partial charge in [-0.3, -0.25) is 13.8 Å². The number of nitrogens with zero attached hydrogens (tertiary/aromatic N) is 1. The van der Waals surface area contributed by atoms with Crippen LogP contribution in [0.1, 0.15) is 187 Å². The lowest BCUT2D eigenvalue weighted by atomic mass is 10.0. The lowest BCUT2D eigenvalue weighted by Gasteiger charge is -2.24. The smallest absolute Gasteiger partial charge is 0.457 e. The number of quaternary nitrogens is 1. The average molecular weight is 759 g/mol. The average Bonchev–Trinajstić information content (AvgIpc) is 3.09. The zero-order valence-corrected chi connectivity index (χ0v) is 35.7. The molecule has 2 unspecified atom stereocenters. The molecule has 0 spiro atoms. The first-order valence-corrected chi connectivity index (χ1v) is 23.1. The minimum absolute atomic E-state index is 0.0882. The molecule has 9 heteroatoms. The van der Waals surface area contributed by atoms with Crippen molar-refractivity contribution in [1.29, 1.82) is 0 Å². The summed E-state index contributed by atoms with van der Waals surface area (Å²) in [5.74, 6) is -0.317. The van der Waals surface area contributed by atoms with Crippen LogP contribution in [0.25, 0.3) is 0 Å². The SMILES string of the molecule is CCCCCC/C=C\C/C=C\CCCCCCCCOCC(COP(=O)(O)OCC[N+](C)(C)C)OC(=O)CCCCCCCCCCCCCCC. The summed E-state index contributed by atoms with van der Waals surface area (Å²) < 4.78 is 35.0. The third-order valence-corrected chi connectivity index (χ3v) is 10.2. The van der Waals surface area contributed by atoms with Gasteiger partial charge in [0.25, 0.3) is 0 Å². The van der Waals surface area contributed by atoms with Gasteiger partial charge in [0.1, 0.15) is 19.3 Å². The lowest BCUT2D eigenvalue weighted by Crippen LogP contribution is -2.37. The van der Waals surface area contributed by atoms with E-state index in [2.05, 4.69) is 38.2 Å². The van der Waals surface area contributed by atoms with E-state index in [0.29, 0.717) is 24.1 Å². The van der Waals surface area contributed by atoms with Gasteiger partial charge in [-0.2, -0.15) is 0 Å². The van der Waals surface area contributed by atoms with E-state index >= 15 is 0 Å². The van der Waals surface area contributed by atoms with Crippen molar-refractivity contribution in [3.63, 3.8) is 0 Å². The molecule has 0 heterocycles. The quantitative estimate of drug-likeness (QED) is 0.0219. The van der Waals surface area contributed by atoms with Crippen molar-refractivity contribution in [2.45, 2.75) is 193 Å². The summed E-state index contributed by atoms with van der Waals surface area (Å²) >= 11 is 0. The maximum atomic E-state index is 12.7. The van der Waals surface area contributed by atoms with Crippen LogP contribution in [-0.2, 0) is 27.9 Å². The molecule has 0 rings (SSSR count). The summed E-state index contributed by atoms with van der Waals surface area (Å²) in [5.41, 5.74) is 0. The van der Waals surface area contributed by atoms with Crippen LogP contribution in [0.5, 0.6) is 0 Å². The van der Waals surface area contributed by atoms with Crippen LogP contribution in [0.3, 0.4) is 0 Å². The Kier molecular flexibility index (Phi) is 36.2. The van der Waals surface area contributed by atoms with E-state index in [1.54, 1.807) is 0 Å². The number of carbonyl (C=O) groups is 1. The van der Waals surface area contributed by atoms with Gasteiger partial charge < -0.3 is 18.9 Å². The lowest BCUT2D eigenvalue weighted by molar-refractivity contribution is -0.870. The summed E-state index contributed by atoms with van der Waals surface area (Å²) in [6, 6.07) is 0. The van der Waals surface area contributed by atoms with Crippen molar-refractivity contribution in [2.75, 3.05) is 54.1 Å². The van der Waals surface area contributed by atoms with E-state index in [9.17, 15) is 14.3 Å². The van der Waals surface area contributed by atoms with Gasteiger partial charge in [0.2, 0.25) is 0 Å². The molecular formula is C43H85NO7P+. The molecule has 8 nitrogen and oxygen atoms in total. The van der Waals surface area contributed by atoms with Gasteiger partial charge in [-0.15, -0.1) is 0 Å². The van der Waals surface area contributed by atoms with Crippen LogP contribution in [0.2, 0.25) is 0 Å². The molecule has 0 radical (unpaired) electrons. The zero-order valence-electron chi connectivity index (χ0n) is 34.8. The molecule has 0 bridgehead atoms. The largest absolute Gasteiger partial charge is 0.472 e. The fourth-order valence-electron chi connectivity index (χ4n) is 5.88. The Morgan fingerprint density at radius 3 is 1.58 bits per heavy atom. The van der Waals surface area contributed by atoms with Crippen LogP contribution >= 0.6 is 7.82 Å². The molecular weight excluding hydrogens is 673 g/mol. The Hall–Kier alpha value is -1.02. The van der Waals surface area contributed by atoms with Crippen molar-refractivity contribution in [2.24, 2.45) is 0 Å². The van der Waals surface area contributed by atoms with Crippen LogP contribution in [-0.4, -0.2) is 75.6 Å². The summed E-state index contributed by atoms with van der Waals surface area (Å²) in [7, 11) is 1.67. The van der Waals surface area contributed by atoms with Crippen molar-refractivity contribution in [3.05, 3.63) is 24.3 Å². The van der Waals surface area contributed by atoms with Gasteiger partial charge in [0.15, 0.2) is 0 Å². The normalized spacial score (nSPS) is 14.0. The number of phosphoric ester groups is 1. The van der Waals surface area contributed by atoms with E-state index in [0.717, 1.165) is 44.9 Å². The standard InChI is InChI=1S/C43H84NO7P/c1-6-8-10-12-14-16-18-20-21-22-23-25-27-29-31-33-35-38-48-40-42(41-50-52(46,47)49-39-37-44(3,4)5)51-43(45)36-34-32-30-28-26-24-19-17-15-13-11-9-7-2/h16,18,21-22,42H,6-15,17,19-20,23-41H2,1-5H3/p+1/b18-16-,22-21-. The number of likely N-dealkylation sites (N-methyl/N-ethyl adjacent to an activating group) is 1. The first-order chi connectivity index (χ1) is 25.1. The van der Waals surface area contributed by atoms with Crippen LogP contribution in [0.4, 0.5) is 0 Å². The second-order valence-electron chi connectivity index (χ2n) is 15.7. The predicted molar refractivity (Wildman–Crippen MR) is 220 cm³/mol. The molecule has 0 aliphatic carbocycles. The Balaban J connectivity index is 4.24. The third-order valence-electron chi connectivity index (χ3n) is 9.27. The van der Waals surface area contributed by atoms with E-state index in [4.69, 9.17) is 18.5 Å². The van der Waals surface area contributed by atoms with Gasteiger partial charge in [-0.25, -0.2) is 4.57 Å². The number of rotatable bonds is 40. The van der Waals surface area contributed by atoms with Gasteiger partial charge in [0.05, 0.1) is 34.4 Å². The molecule has 0 amide bonds. The molecule has 2 atom stereocenters. The zero-order chi connectivity index (χ0) is 38.4. The number of carbonyl (C=O) groups excluding carboxylic acids is 1. The number of hydrogen-bond donors (Lipinski definition) is 1. The van der Waals surface area contributed by atoms with Gasteiger partial charge >= 0.3 is 13.8 Å². The van der Waals surface area contributed by atoms with E-state index in [1.165, 1.54) is 122 Å². The highest BCUT2D eigenvalue weighted by Gasteiger charge is 2.26. The Morgan fingerprint density at radius 2 is 1.06 bits per heavy atom. The summed E-state index contributed by atoms with van der Waals surface area (Å²) in [6.45, 7) is 5.60. The Morgan fingerprint density at radius 1 is 0.596 bits per heavy atom. The first kappa shape index (κ1) is 51.0. The van der Waals surface area contributed by atoms with Crippen molar-refractivity contribution >= 4 is 13.8 Å². The molecule has 1 N–H and O–H groups in total. The summed E-state index contributed by atoms with van der Waals surface area (Å²) in [4.78, 5) is 22.8. The number of phosphoric acid groups is 1. The molecule has 52 heavy (non-hydrogen) atoms. The minimum Gasteiger partial charge on any atom is -0.457 e. The van der Waals surface area contributed by atoms with E-state index in [1.807, 2.05) is 21.1 Å². The van der Waals surface area contributed by atoms with Gasteiger partial charge in [-0.05, 0) is 44.9 Å².